The van der Waals surface area contributed by atoms with Gasteiger partial charge in [-0.1, -0.05) is 95.0 Å². The number of urea groups is 1. The Labute approximate surface area is 233 Å². The number of carbonyl (C=O) groups is 1. The van der Waals surface area contributed by atoms with Crippen LogP contribution >= 0.6 is 34.8 Å². The third kappa shape index (κ3) is 7.50. The summed E-state index contributed by atoms with van der Waals surface area (Å²) in [5.74, 6) is -0.518. The molecule has 1 unspecified atom stereocenters. The Hall–Kier alpha value is -2.53. The fraction of sp³-hybridized carbons (Fsp3) is 0.300. The quantitative estimate of drug-likeness (QED) is 0.372. The minimum absolute atomic E-state index is 0.0219. The van der Waals surface area contributed by atoms with E-state index in [0.717, 1.165) is 54.7 Å². The summed E-state index contributed by atoms with van der Waals surface area (Å²) in [5, 5.41) is 4.27. The molecular weight excluding hydrogens is 530 g/mol. The van der Waals surface area contributed by atoms with Gasteiger partial charge in [0.15, 0.2) is 0 Å². The highest BCUT2D eigenvalue weighted by molar-refractivity contribution is 6.36. The average molecular weight is 560 g/mol. The first kappa shape index (κ1) is 27.5. The van der Waals surface area contributed by atoms with Crippen LogP contribution in [0.2, 0.25) is 5.02 Å². The molecule has 0 radical (unpaired) electrons. The molecule has 0 bridgehead atoms. The number of halogens is 4. The predicted molar refractivity (Wildman–Crippen MR) is 153 cm³/mol. The molecular formula is C30H30Cl3FN2O. The third-order valence-corrected chi connectivity index (χ3v) is 7.74. The molecule has 37 heavy (non-hydrogen) atoms. The van der Waals surface area contributed by atoms with Crippen LogP contribution in [-0.2, 0) is 6.42 Å². The van der Waals surface area contributed by atoms with Crippen molar-refractivity contribution in [1.29, 1.82) is 0 Å². The smallest absolute Gasteiger partial charge is 0.321 e. The van der Waals surface area contributed by atoms with Crippen molar-refractivity contribution in [3.63, 3.8) is 0 Å². The van der Waals surface area contributed by atoms with Gasteiger partial charge < -0.3 is 10.2 Å². The first-order valence-electron chi connectivity index (χ1n) is 12.5. The molecule has 1 aliphatic carbocycles. The molecule has 1 N–H and O–H groups in total. The molecule has 3 nitrogen and oxygen atoms in total. The van der Waals surface area contributed by atoms with E-state index in [2.05, 4.69) is 30.1 Å². The summed E-state index contributed by atoms with van der Waals surface area (Å²) in [4.78, 5) is 15.3. The second-order valence-electron chi connectivity index (χ2n) is 9.54. The number of carbonyl (C=O) groups excluding carboxylic acids is 1. The SMILES string of the molecule is C=C1CC=C(Cl)C(C=C2CCCN(C(=O)Nc3ccc(F)c(Cl)c3)C(Cc3ccccc3)CC2)=C(Cl)C1. The molecule has 1 fully saturated rings. The highest BCUT2D eigenvalue weighted by Gasteiger charge is 2.26. The van der Waals surface area contributed by atoms with Crippen molar-refractivity contribution in [3.05, 3.63) is 110 Å². The lowest BCUT2D eigenvalue weighted by atomic mass is 9.92. The Morgan fingerprint density at radius 3 is 2.68 bits per heavy atom. The summed E-state index contributed by atoms with van der Waals surface area (Å²) in [7, 11) is 0. The van der Waals surface area contributed by atoms with Crippen LogP contribution < -0.4 is 5.32 Å². The van der Waals surface area contributed by atoms with Gasteiger partial charge in [-0.25, -0.2) is 9.18 Å². The van der Waals surface area contributed by atoms with Crippen molar-refractivity contribution < 1.29 is 9.18 Å². The third-order valence-electron chi connectivity index (χ3n) is 6.76. The van der Waals surface area contributed by atoms with Gasteiger partial charge in [0, 0.05) is 40.3 Å². The van der Waals surface area contributed by atoms with Gasteiger partial charge in [-0.3, -0.25) is 0 Å². The molecule has 2 amide bonds. The number of benzene rings is 2. The van der Waals surface area contributed by atoms with Crippen LogP contribution in [0.25, 0.3) is 0 Å². The average Bonchev–Trinajstić information content (AvgIpc) is 2.98. The normalized spacial score (nSPS) is 20.3. The second kappa shape index (κ2) is 12.8. The van der Waals surface area contributed by atoms with E-state index in [1.54, 1.807) is 0 Å². The number of hydrogen-bond acceptors (Lipinski definition) is 1. The van der Waals surface area contributed by atoms with Crippen LogP contribution in [0, 0.1) is 5.82 Å². The number of rotatable bonds is 4. The van der Waals surface area contributed by atoms with Crippen molar-refractivity contribution in [2.75, 3.05) is 11.9 Å². The molecule has 1 saturated heterocycles. The maximum atomic E-state index is 13.6. The van der Waals surface area contributed by atoms with E-state index in [-0.39, 0.29) is 17.1 Å². The van der Waals surface area contributed by atoms with Gasteiger partial charge in [-0.2, -0.15) is 0 Å². The fourth-order valence-corrected chi connectivity index (χ4v) is 5.60. The summed E-state index contributed by atoms with van der Waals surface area (Å²) in [5.41, 5.74) is 4.83. The minimum Gasteiger partial charge on any atom is -0.321 e. The monoisotopic (exact) mass is 558 g/mol. The van der Waals surface area contributed by atoms with E-state index in [4.69, 9.17) is 34.8 Å². The number of amides is 2. The lowest BCUT2D eigenvalue weighted by Gasteiger charge is -2.34. The largest absolute Gasteiger partial charge is 0.322 e. The highest BCUT2D eigenvalue weighted by atomic mass is 35.5. The van der Waals surface area contributed by atoms with Crippen molar-refractivity contribution >= 4 is 46.5 Å². The summed E-state index contributed by atoms with van der Waals surface area (Å²) in [6.07, 6.45) is 9.44. The minimum atomic E-state index is -0.518. The fourth-order valence-electron chi connectivity index (χ4n) is 4.78. The Morgan fingerprint density at radius 2 is 1.92 bits per heavy atom. The van der Waals surface area contributed by atoms with Gasteiger partial charge in [0.2, 0.25) is 0 Å². The number of anilines is 1. The van der Waals surface area contributed by atoms with Crippen LogP contribution in [0.3, 0.4) is 0 Å². The van der Waals surface area contributed by atoms with E-state index in [1.165, 1.54) is 29.3 Å². The lowest BCUT2D eigenvalue weighted by Crippen LogP contribution is -2.45. The number of likely N-dealkylation sites (tertiary alicyclic amines) is 1. The number of nitrogens with one attached hydrogen (secondary N) is 1. The molecule has 2 aromatic rings. The molecule has 0 aromatic heterocycles. The Kier molecular flexibility index (Phi) is 9.53. The van der Waals surface area contributed by atoms with E-state index in [1.807, 2.05) is 29.2 Å². The summed E-state index contributed by atoms with van der Waals surface area (Å²) in [6, 6.07) is 14.1. The van der Waals surface area contributed by atoms with Crippen LogP contribution in [-0.4, -0.2) is 23.5 Å². The van der Waals surface area contributed by atoms with Crippen LogP contribution in [0.4, 0.5) is 14.9 Å². The van der Waals surface area contributed by atoms with E-state index < -0.39 is 5.82 Å². The Bertz CT molecular complexity index is 1250. The van der Waals surface area contributed by atoms with Crippen molar-refractivity contribution in [2.24, 2.45) is 0 Å². The molecule has 2 aliphatic rings. The Morgan fingerprint density at radius 1 is 1.14 bits per heavy atom. The molecule has 1 heterocycles. The highest BCUT2D eigenvalue weighted by Crippen LogP contribution is 2.35. The van der Waals surface area contributed by atoms with Crippen LogP contribution in [0.15, 0.2) is 94.0 Å². The predicted octanol–water partition coefficient (Wildman–Crippen LogP) is 9.39. The van der Waals surface area contributed by atoms with Crippen molar-refractivity contribution in [3.8, 4) is 0 Å². The Balaban J connectivity index is 1.56. The lowest BCUT2D eigenvalue weighted by molar-refractivity contribution is 0.178. The maximum Gasteiger partial charge on any atom is 0.322 e. The standard InChI is InChI=1S/C30H30Cl3FN2O/c1-20-9-13-26(31)25(27(32)16-20)18-22-8-5-15-36(24(12-10-22)17-21-6-3-2-4-7-21)30(37)35-23-11-14-29(34)28(33)19-23/h2-4,6-7,11,13-14,18-19,24H,1,5,8-10,12,15-17H2,(H,35,37). The second-order valence-corrected chi connectivity index (χ2v) is 10.8. The zero-order valence-electron chi connectivity index (χ0n) is 20.6. The summed E-state index contributed by atoms with van der Waals surface area (Å²) >= 11 is 19.1. The van der Waals surface area contributed by atoms with Gasteiger partial charge >= 0.3 is 6.03 Å². The zero-order chi connectivity index (χ0) is 26.4. The summed E-state index contributed by atoms with van der Waals surface area (Å²) < 4.78 is 13.6. The maximum absolute atomic E-state index is 13.6. The first-order chi connectivity index (χ1) is 17.8. The molecule has 194 valence electrons. The van der Waals surface area contributed by atoms with Crippen molar-refractivity contribution in [2.45, 2.75) is 51.0 Å². The first-order valence-corrected chi connectivity index (χ1v) is 13.6. The number of hydrogen-bond donors (Lipinski definition) is 1. The molecule has 7 heteroatoms. The number of allylic oxidation sites excluding steroid dienone is 7. The van der Waals surface area contributed by atoms with Gasteiger partial charge in [0.25, 0.3) is 0 Å². The molecule has 4 rings (SSSR count). The molecule has 1 aliphatic heterocycles. The van der Waals surface area contributed by atoms with Gasteiger partial charge in [-0.05, 0) is 62.3 Å². The molecule has 2 aromatic carbocycles. The van der Waals surface area contributed by atoms with Gasteiger partial charge in [-0.15, -0.1) is 0 Å². The molecule has 0 saturated carbocycles. The van der Waals surface area contributed by atoms with Crippen LogP contribution in [0.5, 0.6) is 0 Å². The topological polar surface area (TPSA) is 32.3 Å². The van der Waals surface area contributed by atoms with E-state index in [0.29, 0.717) is 23.7 Å². The zero-order valence-corrected chi connectivity index (χ0v) is 22.8. The molecule has 1 atom stereocenters. The van der Waals surface area contributed by atoms with Gasteiger partial charge in [0.05, 0.1) is 5.02 Å². The molecule has 0 spiro atoms. The van der Waals surface area contributed by atoms with Gasteiger partial charge in [0.1, 0.15) is 5.82 Å². The van der Waals surface area contributed by atoms with Crippen LogP contribution in [0.1, 0.15) is 44.1 Å². The summed E-state index contributed by atoms with van der Waals surface area (Å²) in [6.45, 7) is 4.66. The van der Waals surface area contributed by atoms with E-state index >= 15 is 0 Å². The number of nitrogens with zero attached hydrogens (tertiary/aromatic N) is 1. The van der Waals surface area contributed by atoms with Crippen molar-refractivity contribution in [1.82, 2.24) is 4.90 Å². The van der Waals surface area contributed by atoms with E-state index in [9.17, 15) is 9.18 Å².